The molecule has 0 aliphatic carbocycles. The second-order valence-electron chi connectivity index (χ2n) is 2.60. The molecule has 3 N–H and O–H groups in total. The molecule has 0 saturated carbocycles. The minimum Gasteiger partial charge on any atom is -0.436 e. The number of urea groups is 1. The maximum atomic E-state index is 11.1. The Morgan fingerprint density at radius 3 is 2.56 bits per heavy atom. The van der Waals surface area contributed by atoms with E-state index in [1.807, 2.05) is 13.8 Å². The SMILES string of the molecule is CC.Cc1nc(NC(=O)N(C)N)c(C=O)o1. The molecule has 0 saturated heterocycles. The Hall–Kier alpha value is -1.89. The number of aldehydes is 1. The Labute approximate surface area is 93.6 Å². The highest BCUT2D eigenvalue weighted by molar-refractivity contribution is 5.92. The van der Waals surface area contributed by atoms with Crippen molar-refractivity contribution < 1.29 is 14.0 Å². The summed E-state index contributed by atoms with van der Waals surface area (Å²) in [5.41, 5.74) is 0. The second-order valence-corrected chi connectivity index (χ2v) is 2.60. The lowest BCUT2D eigenvalue weighted by Crippen LogP contribution is -2.37. The average molecular weight is 228 g/mol. The number of nitrogens with two attached hydrogens (primary N) is 1. The fourth-order valence-corrected chi connectivity index (χ4v) is 0.802. The van der Waals surface area contributed by atoms with E-state index in [-0.39, 0.29) is 11.6 Å². The van der Waals surface area contributed by atoms with Crippen molar-refractivity contribution in [3.05, 3.63) is 11.7 Å². The van der Waals surface area contributed by atoms with Crippen molar-refractivity contribution in [3.8, 4) is 0 Å². The molecular formula is C9H16N4O3. The van der Waals surface area contributed by atoms with Crippen molar-refractivity contribution in [2.45, 2.75) is 20.8 Å². The number of carbonyl (C=O) groups is 2. The predicted molar refractivity (Wildman–Crippen MR) is 58.9 cm³/mol. The number of aryl methyl sites for hydroxylation is 1. The van der Waals surface area contributed by atoms with Crippen molar-refractivity contribution in [1.29, 1.82) is 0 Å². The van der Waals surface area contributed by atoms with Crippen LogP contribution in [0.5, 0.6) is 0 Å². The third-order valence-electron chi connectivity index (χ3n) is 1.41. The summed E-state index contributed by atoms with van der Waals surface area (Å²) in [5.74, 6) is 5.49. The summed E-state index contributed by atoms with van der Waals surface area (Å²) in [4.78, 5) is 25.3. The molecule has 1 aromatic rings. The number of nitrogens with one attached hydrogen (secondary N) is 1. The maximum absolute atomic E-state index is 11.1. The van der Waals surface area contributed by atoms with Gasteiger partial charge in [-0.25, -0.2) is 10.6 Å². The molecule has 1 rings (SSSR count). The Balaban J connectivity index is 0.00000106. The van der Waals surface area contributed by atoms with Gasteiger partial charge in [-0.2, -0.15) is 4.98 Å². The molecule has 0 spiro atoms. The molecule has 1 aromatic heterocycles. The molecule has 0 radical (unpaired) electrons. The van der Waals surface area contributed by atoms with E-state index >= 15 is 0 Å². The van der Waals surface area contributed by atoms with Gasteiger partial charge in [0.15, 0.2) is 18.0 Å². The van der Waals surface area contributed by atoms with E-state index < -0.39 is 6.03 Å². The largest absolute Gasteiger partial charge is 0.436 e. The zero-order valence-electron chi connectivity index (χ0n) is 9.77. The number of nitrogens with zero attached hydrogens (tertiary/aromatic N) is 2. The van der Waals surface area contributed by atoms with Crippen LogP contribution in [0.2, 0.25) is 0 Å². The quantitative estimate of drug-likeness (QED) is 0.342. The van der Waals surface area contributed by atoms with Crippen LogP contribution in [-0.2, 0) is 0 Å². The van der Waals surface area contributed by atoms with E-state index in [0.29, 0.717) is 12.2 Å². The normalized spacial score (nSPS) is 8.81. The summed E-state index contributed by atoms with van der Waals surface area (Å²) in [5, 5.41) is 3.14. The zero-order valence-corrected chi connectivity index (χ0v) is 9.77. The van der Waals surface area contributed by atoms with Crippen LogP contribution in [0.25, 0.3) is 0 Å². The Morgan fingerprint density at radius 2 is 2.12 bits per heavy atom. The van der Waals surface area contributed by atoms with Crippen LogP contribution in [0.4, 0.5) is 10.6 Å². The zero-order chi connectivity index (χ0) is 12.7. The standard InChI is InChI=1S/C7H10N4O3.C2H6/c1-4-9-6(5(3-12)14-4)10-7(13)11(2)8;1-2/h3H,8H2,1-2H3,(H,10,13);1-2H3. The average Bonchev–Trinajstić information content (AvgIpc) is 2.61. The number of oxazole rings is 1. The number of hydrazine groups is 1. The van der Waals surface area contributed by atoms with Gasteiger partial charge in [-0.05, 0) is 0 Å². The van der Waals surface area contributed by atoms with Gasteiger partial charge in [-0.3, -0.25) is 15.1 Å². The van der Waals surface area contributed by atoms with E-state index in [1.54, 1.807) is 6.92 Å². The lowest BCUT2D eigenvalue weighted by atomic mass is 10.5. The first-order chi connectivity index (χ1) is 7.54. The van der Waals surface area contributed by atoms with Gasteiger partial charge in [0, 0.05) is 14.0 Å². The molecule has 0 bridgehead atoms. The van der Waals surface area contributed by atoms with Crippen molar-refractivity contribution in [1.82, 2.24) is 9.99 Å². The van der Waals surface area contributed by atoms with Gasteiger partial charge in [-0.1, -0.05) is 13.8 Å². The van der Waals surface area contributed by atoms with Crippen molar-refractivity contribution >= 4 is 18.1 Å². The summed E-state index contributed by atoms with van der Waals surface area (Å²) in [7, 11) is 1.36. The number of hydrogen-bond donors (Lipinski definition) is 2. The first-order valence-corrected chi connectivity index (χ1v) is 4.76. The van der Waals surface area contributed by atoms with Crippen LogP contribution in [-0.4, -0.2) is 29.4 Å². The summed E-state index contributed by atoms with van der Waals surface area (Å²) in [6, 6.07) is -0.582. The number of amides is 2. The highest BCUT2D eigenvalue weighted by Gasteiger charge is 2.13. The van der Waals surface area contributed by atoms with Crippen LogP contribution >= 0.6 is 0 Å². The molecule has 7 heteroatoms. The number of carbonyl (C=O) groups excluding carboxylic acids is 2. The van der Waals surface area contributed by atoms with Crippen molar-refractivity contribution in [2.24, 2.45) is 5.84 Å². The topological polar surface area (TPSA) is 101 Å². The van der Waals surface area contributed by atoms with Crippen molar-refractivity contribution in [3.63, 3.8) is 0 Å². The monoisotopic (exact) mass is 228 g/mol. The second kappa shape index (κ2) is 6.57. The van der Waals surface area contributed by atoms with E-state index in [4.69, 9.17) is 10.3 Å². The van der Waals surface area contributed by atoms with E-state index in [0.717, 1.165) is 5.01 Å². The lowest BCUT2D eigenvalue weighted by molar-refractivity contribution is 0.110. The Morgan fingerprint density at radius 1 is 1.56 bits per heavy atom. The molecule has 0 fully saturated rings. The third kappa shape index (κ3) is 3.70. The summed E-state index contributed by atoms with van der Waals surface area (Å²) in [6.07, 6.45) is 0.464. The van der Waals surface area contributed by atoms with Gasteiger partial charge in [0.2, 0.25) is 5.76 Å². The molecule has 0 atom stereocenters. The molecule has 90 valence electrons. The van der Waals surface area contributed by atoms with Crippen LogP contribution in [0.15, 0.2) is 4.42 Å². The maximum Gasteiger partial charge on any atom is 0.336 e. The van der Waals surface area contributed by atoms with Gasteiger partial charge in [0.25, 0.3) is 0 Å². The first kappa shape index (κ1) is 14.1. The predicted octanol–water partition coefficient (Wildman–Crippen LogP) is 1.16. The summed E-state index contributed by atoms with van der Waals surface area (Å²) >= 11 is 0. The van der Waals surface area contributed by atoms with E-state index in [9.17, 15) is 9.59 Å². The fourth-order valence-electron chi connectivity index (χ4n) is 0.802. The highest BCUT2D eigenvalue weighted by atomic mass is 16.4. The van der Waals surface area contributed by atoms with Crippen LogP contribution in [0.3, 0.4) is 0 Å². The third-order valence-corrected chi connectivity index (χ3v) is 1.41. The van der Waals surface area contributed by atoms with Crippen LogP contribution in [0.1, 0.15) is 30.3 Å². The number of rotatable bonds is 2. The van der Waals surface area contributed by atoms with Crippen LogP contribution < -0.4 is 11.2 Å². The summed E-state index contributed by atoms with van der Waals surface area (Å²) in [6.45, 7) is 5.56. The minimum atomic E-state index is -0.582. The molecule has 0 aliphatic rings. The van der Waals surface area contributed by atoms with E-state index in [1.165, 1.54) is 7.05 Å². The Bertz CT molecular complexity index is 360. The van der Waals surface area contributed by atoms with Crippen molar-refractivity contribution in [2.75, 3.05) is 12.4 Å². The fraction of sp³-hybridized carbons (Fsp3) is 0.444. The number of aromatic nitrogens is 1. The molecule has 0 unspecified atom stereocenters. The van der Waals surface area contributed by atoms with Gasteiger partial charge < -0.3 is 4.42 Å². The molecule has 2 amide bonds. The lowest BCUT2D eigenvalue weighted by Gasteiger charge is -2.09. The minimum absolute atomic E-state index is 0.0299. The smallest absolute Gasteiger partial charge is 0.336 e. The molecular weight excluding hydrogens is 212 g/mol. The van der Waals surface area contributed by atoms with Gasteiger partial charge in [0.1, 0.15) is 0 Å². The molecule has 1 heterocycles. The van der Waals surface area contributed by atoms with E-state index in [2.05, 4.69) is 10.3 Å². The van der Waals surface area contributed by atoms with Gasteiger partial charge in [0.05, 0.1) is 0 Å². The van der Waals surface area contributed by atoms with Gasteiger partial charge >= 0.3 is 6.03 Å². The highest BCUT2D eigenvalue weighted by Crippen LogP contribution is 2.13. The van der Waals surface area contributed by atoms with Crippen LogP contribution in [0, 0.1) is 6.92 Å². The Kier molecular flexibility index (Phi) is 5.79. The molecule has 16 heavy (non-hydrogen) atoms. The molecule has 0 aliphatic heterocycles. The summed E-state index contributed by atoms with van der Waals surface area (Å²) < 4.78 is 4.89. The number of anilines is 1. The molecule has 7 nitrogen and oxygen atoms in total. The number of hydrogen-bond acceptors (Lipinski definition) is 5. The van der Waals surface area contributed by atoms with Gasteiger partial charge in [-0.15, -0.1) is 0 Å². The first-order valence-electron chi connectivity index (χ1n) is 4.76. The molecule has 0 aromatic carbocycles.